The predicted octanol–water partition coefficient (Wildman–Crippen LogP) is 5.22. The van der Waals surface area contributed by atoms with Crippen molar-refractivity contribution in [1.82, 2.24) is 10.3 Å². The van der Waals surface area contributed by atoms with E-state index in [4.69, 9.17) is 0 Å². The second kappa shape index (κ2) is 8.74. The first kappa shape index (κ1) is 18.9. The Morgan fingerprint density at radius 3 is 2.75 bits per heavy atom. The molecule has 0 amide bonds. The molecule has 2 N–H and O–H groups in total. The Morgan fingerprint density at radius 1 is 1.04 bits per heavy atom. The molecule has 1 fully saturated rings. The molecule has 1 heterocycles. The van der Waals surface area contributed by atoms with Gasteiger partial charge < -0.3 is 10.3 Å². The van der Waals surface area contributed by atoms with Crippen LogP contribution in [0.1, 0.15) is 60.4 Å². The molecule has 3 nitrogen and oxygen atoms in total. The molecule has 0 atom stereocenters. The number of rotatable bonds is 9. The van der Waals surface area contributed by atoms with E-state index in [1.54, 1.807) is 11.6 Å². The van der Waals surface area contributed by atoms with Gasteiger partial charge in [-0.3, -0.25) is 4.79 Å². The Morgan fingerprint density at radius 2 is 1.89 bits per heavy atom. The van der Waals surface area contributed by atoms with Gasteiger partial charge in [-0.25, -0.2) is 0 Å². The number of nitrogens with one attached hydrogen (secondary N) is 2. The minimum absolute atomic E-state index is 0.120. The van der Waals surface area contributed by atoms with Crippen molar-refractivity contribution in [2.45, 2.75) is 57.9 Å². The highest BCUT2D eigenvalue weighted by Crippen LogP contribution is 2.41. The zero-order valence-corrected chi connectivity index (χ0v) is 16.8. The lowest BCUT2D eigenvalue weighted by Crippen LogP contribution is -2.15. The quantitative estimate of drug-likeness (QED) is 0.505. The molecule has 0 unspecified atom stereocenters. The van der Waals surface area contributed by atoms with Gasteiger partial charge in [0.25, 0.3) is 0 Å². The third-order valence-electron chi connectivity index (χ3n) is 5.78. The number of pyridine rings is 1. The molecule has 1 aromatic heterocycles. The maximum atomic E-state index is 12.2. The van der Waals surface area contributed by atoms with Gasteiger partial charge in [-0.05, 0) is 80.3 Å². The van der Waals surface area contributed by atoms with Crippen molar-refractivity contribution in [1.29, 1.82) is 0 Å². The molecule has 0 spiro atoms. The van der Waals surface area contributed by atoms with Crippen molar-refractivity contribution in [2.75, 3.05) is 6.54 Å². The monoisotopic (exact) mass is 374 g/mol. The Bertz CT molecular complexity index is 1000. The van der Waals surface area contributed by atoms with Crippen LogP contribution in [-0.4, -0.2) is 11.5 Å². The predicted molar refractivity (Wildman–Crippen MR) is 117 cm³/mol. The van der Waals surface area contributed by atoms with E-state index in [1.165, 1.54) is 36.8 Å². The summed E-state index contributed by atoms with van der Waals surface area (Å²) >= 11 is 0. The third-order valence-corrected chi connectivity index (χ3v) is 5.78. The summed E-state index contributed by atoms with van der Waals surface area (Å²) < 4.78 is 0. The number of hydrogen-bond acceptors (Lipinski definition) is 2. The molecule has 0 aliphatic heterocycles. The second-order valence-electron chi connectivity index (χ2n) is 8.16. The van der Waals surface area contributed by atoms with Crippen molar-refractivity contribution in [3.8, 4) is 0 Å². The lowest BCUT2D eigenvalue weighted by atomic mass is 10.0. The second-order valence-corrected chi connectivity index (χ2v) is 8.16. The first-order chi connectivity index (χ1) is 13.7. The summed E-state index contributed by atoms with van der Waals surface area (Å²) in [7, 11) is 0. The van der Waals surface area contributed by atoms with Crippen LogP contribution in [0.15, 0.2) is 53.3 Å². The largest absolute Gasteiger partial charge is 0.358 e. The summed E-state index contributed by atoms with van der Waals surface area (Å²) in [4.78, 5) is 15.6. The molecule has 4 rings (SSSR count). The average Bonchev–Trinajstić information content (AvgIpc) is 3.54. The van der Waals surface area contributed by atoms with Crippen molar-refractivity contribution in [3.05, 3.63) is 81.1 Å². The lowest BCUT2D eigenvalue weighted by molar-refractivity contribution is 0.600. The highest BCUT2D eigenvalue weighted by molar-refractivity contribution is 5.78. The molecule has 146 valence electrons. The van der Waals surface area contributed by atoms with Crippen molar-refractivity contribution in [2.24, 2.45) is 0 Å². The number of aromatic amines is 1. The number of hydrogen-bond donors (Lipinski definition) is 2. The SMILES string of the molecule is Cc1ccc(CNCCCCCc2cc(=O)c3ccccc3[nH]2)cc1C1CC1. The van der Waals surface area contributed by atoms with Crippen molar-refractivity contribution in [3.63, 3.8) is 0 Å². The highest BCUT2D eigenvalue weighted by atomic mass is 16.1. The molecular formula is C25H30N2O. The number of unbranched alkanes of at least 4 members (excludes halogenated alkanes) is 2. The fraction of sp³-hybridized carbons (Fsp3) is 0.400. The molecule has 0 radical (unpaired) electrons. The Labute approximate surface area is 167 Å². The van der Waals surface area contributed by atoms with Crippen LogP contribution in [0.3, 0.4) is 0 Å². The van der Waals surface area contributed by atoms with E-state index in [-0.39, 0.29) is 5.43 Å². The number of H-pyrrole nitrogens is 1. The van der Waals surface area contributed by atoms with Crippen LogP contribution in [0, 0.1) is 6.92 Å². The third kappa shape index (κ3) is 4.71. The molecule has 0 saturated heterocycles. The molecule has 1 aliphatic rings. The minimum atomic E-state index is 0.120. The molecule has 3 heteroatoms. The van der Waals surface area contributed by atoms with Gasteiger partial charge in [0, 0.05) is 29.2 Å². The van der Waals surface area contributed by atoms with Crippen LogP contribution in [0.5, 0.6) is 0 Å². The van der Waals surface area contributed by atoms with Crippen LogP contribution in [-0.2, 0) is 13.0 Å². The highest BCUT2D eigenvalue weighted by Gasteiger charge is 2.24. The van der Waals surface area contributed by atoms with Crippen LogP contribution in [0.2, 0.25) is 0 Å². The number of fused-ring (bicyclic) bond motifs is 1. The smallest absolute Gasteiger partial charge is 0.189 e. The number of benzene rings is 2. The van der Waals surface area contributed by atoms with Crippen LogP contribution >= 0.6 is 0 Å². The Balaban J connectivity index is 1.18. The molecule has 1 saturated carbocycles. The molecule has 28 heavy (non-hydrogen) atoms. The zero-order valence-electron chi connectivity index (χ0n) is 16.8. The van der Waals surface area contributed by atoms with Gasteiger partial charge in [-0.2, -0.15) is 0 Å². The van der Waals surface area contributed by atoms with Gasteiger partial charge >= 0.3 is 0 Å². The summed E-state index contributed by atoms with van der Waals surface area (Å²) in [6.07, 6.45) is 7.09. The summed E-state index contributed by atoms with van der Waals surface area (Å²) in [6, 6.07) is 16.4. The molecule has 2 aromatic carbocycles. The molecule has 3 aromatic rings. The summed E-state index contributed by atoms with van der Waals surface area (Å²) in [5.74, 6) is 0.821. The summed E-state index contributed by atoms with van der Waals surface area (Å²) in [5, 5.41) is 4.36. The zero-order chi connectivity index (χ0) is 19.3. The molecule has 0 bridgehead atoms. The molecular weight excluding hydrogens is 344 g/mol. The summed E-state index contributed by atoms with van der Waals surface area (Å²) in [6.45, 7) is 4.23. The van der Waals surface area contributed by atoms with Gasteiger partial charge in [-0.1, -0.05) is 36.8 Å². The maximum Gasteiger partial charge on any atom is 0.189 e. The van der Waals surface area contributed by atoms with Crippen molar-refractivity contribution >= 4 is 10.9 Å². The fourth-order valence-electron chi connectivity index (χ4n) is 4.00. The topological polar surface area (TPSA) is 44.9 Å². The van der Waals surface area contributed by atoms with E-state index < -0.39 is 0 Å². The lowest BCUT2D eigenvalue weighted by Gasteiger charge is -2.09. The van der Waals surface area contributed by atoms with Gasteiger partial charge in [0.05, 0.1) is 0 Å². The first-order valence-corrected chi connectivity index (χ1v) is 10.6. The Kier molecular flexibility index (Phi) is 5.92. The van der Waals surface area contributed by atoms with Gasteiger partial charge in [0.1, 0.15) is 0 Å². The van der Waals surface area contributed by atoms with Gasteiger partial charge in [-0.15, -0.1) is 0 Å². The Hall–Kier alpha value is -2.39. The minimum Gasteiger partial charge on any atom is -0.358 e. The van der Waals surface area contributed by atoms with E-state index in [9.17, 15) is 4.79 Å². The van der Waals surface area contributed by atoms with E-state index in [1.807, 2.05) is 24.3 Å². The van der Waals surface area contributed by atoms with E-state index in [0.29, 0.717) is 0 Å². The van der Waals surface area contributed by atoms with Crippen LogP contribution in [0.25, 0.3) is 10.9 Å². The van der Waals surface area contributed by atoms with Gasteiger partial charge in [0.2, 0.25) is 0 Å². The maximum absolute atomic E-state index is 12.2. The average molecular weight is 375 g/mol. The number of para-hydroxylation sites is 1. The van der Waals surface area contributed by atoms with Crippen LogP contribution < -0.4 is 10.7 Å². The van der Waals surface area contributed by atoms with Crippen LogP contribution in [0.4, 0.5) is 0 Å². The normalized spacial score (nSPS) is 13.9. The number of aromatic nitrogens is 1. The van der Waals surface area contributed by atoms with Crippen molar-refractivity contribution < 1.29 is 0 Å². The molecule has 1 aliphatic carbocycles. The van der Waals surface area contributed by atoms with Gasteiger partial charge in [0.15, 0.2) is 5.43 Å². The standard InChI is InChI=1S/C25H30N2O/c1-18-10-11-19(15-23(18)20-12-13-20)17-26-14-6-2-3-7-21-16-25(28)22-8-4-5-9-24(22)27-21/h4-5,8-11,15-16,20,26H,2-3,6-7,12-14,17H2,1H3,(H,27,28). The first-order valence-electron chi connectivity index (χ1n) is 10.6. The van der Waals surface area contributed by atoms with E-state index in [0.717, 1.165) is 48.4 Å². The van der Waals surface area contributed by atoms with E-state index in [2.05, 4.69) is 35.4 Å². The number of aryl methyl sites for hydroxylation is 2. The fourth-order valence-corrected chi connectivity index (χ4v) is 4.00. The van der Waals surface area contributed by atoms with E-state index >= 15 is 0 Å². The summed E-state index contributed by atoms with van der Waals surface area (Å²) in [5.41, 5.74) is 6.51.